The Labute approximate surface area is 149 Å². The fourth-order valence-corrected chi connectivity index (χ4v) is 7.37. The first-order valence-corrected chi connectivity index (χ1v) is 10.8. The number of hydrogen-bond acceptors (Lipinski definition) is 1. The van der Waals surface area contributed by atoms with Gasteiger partial charge < -0.3 is 5.11 Å². The molecule has 0 spiro atoms. The van der Waals surface area contributed by atoms with Gasteiger partial charge in [-0.25, -0.2) is 0 Å². The average Bonchev–Trinajstić information content (AvgIpc) is 2.79. The van der Waals surface area contributed by atoms with Gasteiger partial charge in [0.25, 0.3) is 0 Å². The highest BCUT2D eigenvalue weighted by molar-refractivity contribution is 9.09. The van der Waals surface area contributed by atoms with E-state index in [1.54, 1.807) is 11.1 Å². The van der Waals surface area contributed by atoms with E-state index < -0.39 is 5.60 Å². The summed E-state index contributed by atoms with van der Waals surface area (Å²) in [4.78, 5) is 0. The first kappa shape index (κ1) is 16.4. The van der Waals surface area contributed by atoms with Crippen molar-refractivity contribution in [3.8, 4) is 0 Å². The van der Waals surface area contributed by atoms with Crippen LogP contribution in [-0.4, -0.2) is 16.0 Å². The molecule has 2 fully saturated rings. The number of hydrogen-bond donors (Lipinski definition) is 1. The highest BCUT2D eigenvalue weighted by Crippen LogP contribution is 2.66. The normalized spacial score (nSPS) is 48.9. The van der Waals surface area contributed by atoms with Crippen LogP contribution in [0.2, 0.25) is 0 Å². The van der Waals surface area contributed by atoms with E-state index in [-0.39, 0.29) is 5.41 Å². The van der Waals surface area contributed by atoms with Crippen LogP contribution in [0.3, 0.4) is 0 Å². The van der Waals surface area contributed by atoms with Crippen molar-refractivity contribution >= 4 is 15.9 Å². The fraction of sp³-hybridized carbons (Fsp3) is 0.810. The molecule has 2 saturated carbocycles. The number of rotatable bonds is 2. The Bertz CT molecular complexity index is 564. The first-order chi connectivity index (χ1) is 10.9. The summed E-state index contributed by atoms with van der Waals surface area (Å²) in [6.45, 7) is 4.90. The molecular weight excluding hydrogens is 348 g/mol. The summed E-state index contributed by atoms with van der Waals surface area (Å²) in [6.07, 6.45) is 15.9. The molecule has 0 bridgehead atoms. The molecular formula is C21H31BrO. The van der Waals surface area contributed by atoms with Crippen LogP contribution in [0.15, 0.2) is 23.3 Å². The molecule has 128 valence electrons. The average molecular weight is 379 g/mol. The molecule has 0 saturated heterocycles. The zero-order valence-corrected chi connectivity index (χ0v) is 16.3. The molecule has 1 N–H and O–H groups in total. The fourth-order valence-electron chi connectivity index (χ4n) is 6.71. The largest absolute Gasteiger partial charge is 0.389 e. The van der Waals surface area contributed by atoms with Gasteiger partial charge in [-0.3, -0.25) is 0 Å². The van der Waals surface area contributed by atoms with Crippen molar-refractivity contribution in [2.45, 2.75) is 77.2 Å². The quantitative estimate of drug-likeness (QED) is 0.477. The smallest absolute Gasteiger partial charge is 0.0715 e. The van der Waals surface area contributed by atoms with Crippen LogP contribution in [0.25, 0.3) is 0 Å². The van der Waals surface area contributed by atoms with Crippen LogP contribution >= 0.6 is 15.9 Å². The molecule has 23 heavy (non-hydrogen) atoms. The molecule has 4 aliphatic carbocycles. The summed E-state index contributed by atoms with van der Waals surface area (Å²) in [7, 11) is 0. The van der Waals surface area contributed by atoms with Crippen molar-refractivity contribution in [3.05, 3.63) is 23.3 Å². The molecule has 5 atom stereocenters. The lowest BCUT2D eigenvalue weighted by Crippen LogP contribution is -2.50. The molecule has 0 aliphatic heterocycles. The van der Waals surface area contributed by atoms with Gasteiger partial charge in [-0.1, -0.05) is 53.1 Å². The topological polar surface area (TPSA) is 20.2 Å². The minimum absolute atomic E-state index is 0.0845. The summed E-state index contributed by atoms with van der Waals surface area (Å²) in [5.41, 5.74) is 3.44. The van der Waals surface area contributed by atoms with Crippen molar-refractivity contribution < 1.29 is 5.11 Å². The zero-order chi connectivity index (χ0) is 16.3. The van der Waals surface area contributed by atoms with E-state index in [4.69, 9.17) is 0 Å². The Morgan fingerprint density at radius 3 is 2.83 bits per heavy atom. The Hall–Kier alpha value is -0.0800. The molecule has 4 rings (SSSR count). The maximum absolute atomic E-state index is 11.4. The van der Waals surface area contributed by atoms with Crippen molar-refractivity contribution in [2.24, 2.45) is 22.7 Å². The Morgan fingerprint density at radius 1 is 1.22 bits per heavy atom. The van der Waals surface area contributed by atoms with Crippen molar-refractivity contribution in [2.75, 3.05) is 5.33 Å². The van der Waals surface area contributed by atoms with Gasteiger partial charge in [0.15, 0.2) is 0 Å². The third kappa shape index (κ3) is 2.13. The molecule has 0 aromatic carbocycles. The van der Waals surface area contributed by atoms with E-state index in [0.717, 1.165) is 30.5 Å². The molecule has 0 aromatic heterocycles. The molecule has 1 nitrogen and oxygen atoms in total. The number of aliphatic hydroxyl groups is 1. The number of fused-ring (bicyclic) bond motifs is 5. The Kier molecular flexibility index (Phi) is 3.89. The van der Waals surface area contributed by atoms with E-state index in [1.807, 2.05) is 0 Å². The highest BCUT2D eigenvalue weighted by atomic mass is 79.9. The molecule has 0 heterocycles. The standard InChI is InChI=1S/C21H31BrO/c1-19-10-4-3-5-15(19)6-7-16-17(19)8-11-20(2)18(16)9-12-21(20,23)13-14-22/h5,8,16,18,23H,3-4,6-7,9-14H2,1-2H3/t16-,18+,19+,20+,21+/m1/s1. The predicted molar refractivity (Wildman–Crippen MR) is 99.7 cm³/mol. The van der Waals surface area contributed by atoms with Crippen LogP contribution in [0.4, 0.5) is 0 Å². The lowest BCUT2D eigenvalue weighted by Gasteiger charge is -2.55. The summed E-state index contributed by atoms with van der Waals surface area (Å²) in [6, 6.07) is 0. The van der Waals surface area contributed by atoms with E-state index in [0.29, 0.717) is 11.3 Å². The Morgan fingerprint density at radius 2 is 2.04 bits per heavy atom. The molecule has 0 unspecified atom stereocenters. The summed E-state index contributed by atoms with van der Waals surface area (Å²) in [5, 5.41) is 12.3. The second-order valence-corrected chi connectivity index (χ2v) is 9.79. The lowest BCUT2D eigenvalue weighted by atomic mass is 9.50. The van der Waals surface area contributed by atoms with E-state index >= 15 is 0 Å². The number of allylic oxidation sites excluding steroid dienone is 4. The monoisotopic (exact) mass is 378 g/mol. The molecule has 0 aromatic rings. The van der Waals surface area contributed by atoms with Gasteiger partial charge in [0.2, 0.25) is 0 Å². The zero-order valence-electron chi connectivity index (χ0n) is 14.7. The number of alkyl halides is 1. The van der Waals surface area contributed by atoms with Gasteiger partial charge in [0.1, 0.15) is 0 Å². The van der Waals surface area contributed by atoms with Gasteiger partial charge in [0.05, 0.1) is 5.60 Å². The molecule has 4 aliphatic rings. The maximum Gasteiger partial charge on any atom is 0.0715 e. The summed E-state index contributed by atoms with van der Waals surface area (Å²) >= 11 is 3.58. The third-order valence-electron chi connectivity index (χ3n) is 8.23. The van der Waals surface area contributed by atoms with Gasteiger partial charge in [0, 0.05) is 16.2 Å². The molecule has 0 radical (unpaired) electrons. The Balaban J connectivity index is 1.73. The van der Waals surface area contributed by atoms with Crippen LogP contribution < -0.4 is 0 Å². The lowest BCUT2D eigenvalue weighted by molar-refractivity contribution is -0.0824. The summed E-state index contributed by atoms with van der Waals surface area (Å²) in [5.74, 6) is 1.41. The second-order valence-electron chi connectivity index (χ2n) is 9.00. The van der Waals surface area contributed by atoms with E-state index in [2.05, 4.69) is 41.9 Å². The predicted octanol–water partition coefficient (Wildman–Crippen LogP) is 5.78. The molecule has 2 heteroatoms. The summed E-state index contributed by atoms with van der Waals surface area (Å²) < 4.78 is 0. The van der Waals surface area contributed by atoms with Gasteiger partial charge >= 0.3 is 0 Å². The van der Waals surface area contributed by atoms with Crippen LogP contribution in [0.5, 0.6) is 0 Å². The SMILES string of the molecule is C[C@]12CCCC=C1CC[C@@H]1C2=CC[C@@]2(C)[C@H]1CC[C@]2(O)CCBr. The molecule has 0 amide bonds. The van der Waals surface area contributed by atoms with Crippen LogP contribution in [-0.2, 0) is 0 Å². The van der Waals surface area contributed by atoms with Crippen LogP contribution in [0.1, 0.15) is 71.6 Å². The number of halogens is 1. The minimum atomic E-state index is -0.465. The van der Waals surface area contributed by atoms with E-state index in [9.17, 15) is 5.11 Å². The third-order valence-corrected chi connectivity index (χ3v) is 8.63. The minimum Gasteiger partial charge on any atom is -0.389 e. The van der Waals surface area contributed by atoms with Gasteiger partial charge in [-0.2, -0.15) is 0 Å². The maximum atomic E-state index is 11.4. The van der Waals surface area contributed by atoms with Crippen molar-refractivity contribution in [1.82, 2.24) is 0 Å². The highest BCUT2D eigenvalue weighted by Gasteiger charge is 2.61. The van der Waals surface area contributed by atoms with Crippen molar-refractivity contribution in [1.29, 1.82) is 0 Å². The first-order valence-electron chi connectivity index (χ1n) is 9.63. The van der Waals surface area contributed by atoms with Gasteiger partial charge in [-0.15, -0.1) is 0 Å². The van der Waals surface area contributed by atoms with Crippen molar-refractivity contribution in [3.63, 3.8) is 0 Å². The van der Waals surface area contributed by atoms with E-state index in [1.165, 1.54) is 38.5 Å². The van der Waals surface area contributed by atoms with Crippen LogP contribution in [0, 0.1) is 22.7 Å². The second kappa shape index (κ2) is 5.46. The van der Waals surface area contributed by atoms with Gasteiger partial charge in [-0.05, 0) is 69.6 Å².